The van der Waals surface area contributed by atoms with E-state index >= 15 is 0 Å². The van der Waals surface area contributed by atoms with E-state index in [0.717, 1.165) is 0 Å². The van der Waals surface area contributed by atoms with Crippen LogP contribution in [0.5, 0.6) is 0 Å². The maximum atomic E-state index is 11.7. The minimum atomic E-state index is -1.11. The van der Waals surface area contributed by atoms with Crippen molar-refractivity contribution in [2.45, 2.75) is 52.2 Å². The summed E-state index contributed by atoms with van der Waals surface area (Å²) in [5.74, 6) is -1.89. The monoisotopic (exact) mass is 436 g/mol. The number of carbonyl (C=O) groups is 3. The first kappa shape index (κ1) is 22.1. The summed E-state index contributed by atoms with van der Waals surface area (Å²) in [6.45, 7) is 4.78. The molecule has 2 aromatic rings. The van der Waals surface area contributed by atoms with Crippen LogP contribution in [0.2, 0.25) is 0 Å². The quantitative estimate of drug-likeness (QED) is 0.274. The molecule has 1 fully saturated rings. The van der Waals surface area contributed by atoms with Gasteiger partial charge in [-0.3, -0.25) is 29.1 Å². The summed E-state index contributed by atoms with van der Waals surface area (Å²) in [7, 11) is 0. The van der Waals surface area contributed by atoms with Crippen LogP contribution in [0.1, 0.15) is 32.7 Å². The summed E-state index contributed by atoms with van der Waals surface area (Å²) in [6, 6.07) is 1.27. The Kier molecular flexibility index (Phi) is 6.15. The average Bonchev–Trinajstić information content (AvgIpc) is 3.20. The minimum Gasteiger partial charge on any atom is -0.463 e. The number of nitro groups is 1. The molecule has 0 aliphatic carbocycles. The summed E-state index contributed by atoms with van der Waals surface area (Å²) < 4.78 is 23.0. The molecule has 13 heteroatoms. The number of aromatic nitrogens is 3. The third-order valence-corrected chi connectivity index (χ3v) is 4.52. The van der Waals surface area contributed by atoms with Crippen LogP contribution in [0.4, 0.5) is 5.69 Å². The Hall–Kier alpha value is -3.61. The van der Waals surface area contributed by atoms with Gasteiger partial charge in [-0.05, 0) is 6.92 Å². The van der Waals surface area contributed by atoms with Gasteiger partial charge < -0.3 is 18.9 Å². The van der Waals surface area contributed by atoms with Crippen molar-refractivity contribution in [3.8, 4) is 0 Å². The normalized spacial score (nSPS) is 22.8. The number of rotatable bonds is 6. The maximum Gasteiger partial charge on any atom is 0.303 e. The van der Waals surface area contributed by atoms with E-state index in [9.17, 15) is 24.5 Å². The molecule has 4 atom stereocenters. The van der Waals surface area contributed by atoms with Gasteiger partial charge in [0.1, 0.15) is 23.9 Å². The SMILES string of the molecule is CC(=O)OC[C@H]1O[C@@H](n2cnc3cc([N+](=O)[O-])c(C)nc32)[C@H](OC(C)=O)[C@@H]1OC(C)=O. The molecule has 2 aromatic heterocycles. The molecular formula is C18H20N4O9. The summed E-state index contributed by atoms with van der Waals surface area (Å²) in [5, 5.41) is 11.2. The lowest BCUT2D eigenvalue weighted by Crippen LogP contribution is -2.40. The van der Waals surface area contributed by atoms with Gasteiger partial charge in [0.2, 0.25) is 0 Å². The number of imidazole rings is 1. The fraction of sp³-hybridized carbons (Fsp3) is 0.500. The Balaban J connectivity index is 2.05. The summed E-state index contributed by atoms with van der Waals surface area (Å²) in [4.78, 5) is 53.6. The second-order valence-electron chi connectivity index (χ2n) is 6.86. The van der Waals surface area contributed by atoms with E-state index in [0.29, 0.717) is 0 Å². The number of aryl methyl sites for hydroxylation is 1. The number of hydrogen-bond donors (Lipinski definition) is 0. The lowest BCUT2D eigenvalue weighted by Gasteiger charge is -2.23. The number of nitrogens with zero attached hydrogens (tertiary/aromatic N) is 4. The predicted octanol–water partition coefficient (Wildman–Crippen LogP) is 0.972. The molecule has 0 radical (unpaired) electrons. The van der Waals surface area contributed by atoms with Crippen LogP contribution in [0.15, 0.2) is 12.4 Å². The van der Waals surface area contributed by atoms with Crippen molar-refractivity contribution in [3.05, 3.63) is 28.2 Å². The molecule has 1 aliphatic heterocycles. The molecule has 0 amide bonds. The number of pyridine rings is 1. The van der Waals surface area contributed by atoms with Gasteiger partial charge in [0, 0.05) is 26.8 Å². The van der Waals surface area contributed by atoms with E-state index in [1.54, 1.807) is 0 Å². The molecule has 0 N–H and O–H groups in total. The van der Waals surface area contributed by atoms with Crippen LogP contribution in [-0.2, 0) is 33.3 Å². The Morgan fingerprint density at radius 3 is 2.39 bits per heavy atom. The topological polar surface area (TPSA) is 162 Å². The maximum absolute atomic E-state index is 11.7. The molecule has 13 nitrogen and oxygen atoms in total. The third-order valence-electron chi connectivity index (χ3n) is 4.52. The van der Waals surface area contributed by atoms with Gasteiger partial charge in [0.15, 0.2) is 24.1 Å². The highest BCUT2D eigenvalue weighted by Gasteiger charge is 2.51. The van der Waals surface area contributed by atoms with E-state index in [-0.39, 0.29) is 29.2 Å². The zero-order chi connectivity index (χ0) is 22.9. The summed E-state index contributed by atoms with van der Waals surface area (Å²) in [5.41, 5.74) is 0.399. The number of hydrogen-bond acceptors (Lipinski definition) is 11. The lowest BCUT2D eigenvalue weighted by atomic mass is 10.1. The van der Waals surface area contributed by atoms with Crippen molar-refractivity contribution in [2.75, 3.05) is 6.61 Å². The Bertz CT molecular complexity index is 1050. The van der Waals surface area contributed by atoms with Crippen LogP contribution in [0.25, 0.3) is 11.2 Å². The Morgan fingerprint density at radius 2 is 1.81 bits per heavy atom. The van der Waals surface area contributed by atoms with Gasteiger partial charge in [-0.15, -0.1) is 0 Å². The fourth-order valence-corrected chi connectivity index (χ4v) is 3.32. The van der Waals surface area contributed by atoms with Gasteiger partial charge in [0.25, 0.3) is 5.69 Å². The van der Waals surface area contributed by atoms with Crippen LogP contribution >= 0.6 is 0 Å². The molecular weight excluding hydrogens is 416 g/mol. The van der Waals surface area contributed by atoms with E-state index in [4.69, 9.17) is 18.9 Å². The molecule has 0 unspecified atom stereocenters. The zero-order valence-electron chi connectivity index (χ0n) is 17.1. The largest absolute Gasteiger partial charge is 0.463 e. The second-order valence-corrected chi connectivity index (χ2v) is 6.86. The van der Waals surface area contributed by atoms with Crippen LogP contribution in [-0.4, -0.2) is 62.3 Å². The van der Waals surface area contributed by atoms with Crippen LogP contribution in [0, 0.1) is 17.0 Å². The van der Waals surface area contributed by atoms with Crippen LogP contribution < -0.4 is 0 Å². The fourth-order valence-electron chi connectivity index (χ4n) is 3.32. The molecule has 3 rings (SSSR count). The number of ether oxygens (including phenoxy) is 4. The van der Waals surface area contributed by atoms with Crippen molar-refractivity contribution < 1.29 is 38.3 Å². The molecule has 31 heavy (non-hydrogen) atoms. The zero-order valence-corrected chi connectivity index (χ0v) is 17.1. The standard InChI is InChI=1S/C18H20N4O9/c1-8-13(22(26)27)5-12-17(20-8)21(7-19-12)18-16(30-11(4)25)15(29-10(3)24)14(31-18)6-28-9(2)23/h5,7,14-16,18H,6H2,1-4H3/t14-,15-,16-,18-/m1/s1. The van der Waals surface area contributed by atoms with Gasteiger partial charge in [0.05, 0.1) is 11.3 Å². The molecule has 166 valence electrons. The van der Waals surface area contributed by atoms with E-state index in [2.05, 4.69) is 9.97 Å². The first-order valence-electron chi connectivity index (χ1n) is 9.20. The van der Waals surface area contributed by atoms with E-state index in [1.165, 1.54) is 44.7 Å². The van der Waals surface area contributed by atoms with Crippen molar-refractivity contribution in [1.82, 2.24) is 14.5 Å². The third kappa shape index (κ3) is 4.60. The van der Waals surface area contributed by atoms with Crippen molar-refractivity contribution in [2.24, 2.45) is 0 Å². The summed E-state index contributed by atoms with van der Waals surface area (Å²) in [6.07, 6.45) is -2.87. The number of esters is 3. The molecule has 0 saturated carbocycles. The van der Waals surface area contributed by atoms with Gasteiger partial charge in [-0.1, -0.05) is 0 Å². The van der Waals surface area contributed by atoms with Crippen LogP contribution in [0.3, 0.4) is 0 Å². The van der Waals surface area contributed by atoms with Gasteiger partial charge in [-0.25, -0.2) is 9.97 Å². The second kappa shape index (κ2) is 8.63. The number of carbonyl (C=O) groups excluding carboxylic acids is 3. The van der Waals surface area contributed by atoms with Crippen molar-refractivity contribution in [3.63, 3.8) is 0 Å². The van der Waals surface area contributed by atoms with E-state index in [1.807, 2.05) is 0 Å². The molecule has 0 bridgehead atoms. The Labute approximate surface area is 175 Å². The number of fused-ring (bicyclic) bond motifs is 1. The van der Waals surface area contributed by atoms with Gasteiger partial charge in [-0.2, -0.15) is 0 Å². The average molecular weight is 436 g/mol. The molecule has 1 aliphatic rings. The molecule has 0 spiro atoms. The Morgan fingerprint density at radius 1 is 1.16 bits per heavy atom. The van der Waals surface area contributed by atoms with Crippen molar-refractivity contribution in [1.29, 1.82) is 0 Å². The molecule has 0 aromatic carbocycles. The first-order valence-corrected chi connectivity index (χ1v) is 9.20. The lowest BCUT2D eigenvalue weighted by molar-refractivity contribution is -0.385. The molecule has 3 heterocycles. The first-order chi connectivity index (χ1) is 14.6. The molecule has 1 saturated heterocycles. The highest BCUT2D eigenvalue weighted by atomic mass is 16.7. The highest BCUT2D eigenvalue weighted by Crippen LogP contribution is 2.36. The van der Waals surface area contributed by atoms with Crippen molar-refractivity contribution >= 4 is 34.8 Å². The highest BCUT2D eigenvalue weighted by molar-refractivity contribution is 5.74. The smallest absolute Gasteiger partial charge is 0.303 e. The van der Waals surface area contributed by atoms with E-state index < -0.39 is 47.4 Å². The van der Waals surface area contributed by atoms with Gasteiger partial charge >= 0.3 is 17.9 Å². The summed E-state index contributed by atoms with van der Waals surface area (Å²) >= 11 is 0. The predicted molar refractivity (Wildman–Crippen MR) is 101 cm³/mol. The minimum absolute atomic E-state index is 0.147.